The van der Waals surface area contributed by atoms with Crippen LogP contribution in [0.4, 0.5) is 0 Å². The molecule has 1 atom stereocenters. The minimum atomic E-state index is 0.128. The lowest BCUT2D eigenvalue weighted by atomic mass is 10.1. The molecule has 2 rings (SSSR count). The van der Waals surface area contributed by atoms with Gasteiger partial charge < -0.3 is 15.4 Å². The standard InChI is InChI=1S/C16H25N3O/c1-3-19(11-12(2)16(17)18)8-6-13-4-5-15-14(10-13)7-9-20-15/h4-5,10,12H,3,6-9,11H2,1-2H3,(H3,17,18). The van der Waals surface area contributed by atoms with Crippen LogP contribution in [0.3, 0.4) is 0 Å². The summed E-state index contributed by atoms with van der Waals surface area (Å²) in [6.07, 6.45) is 2.06. The topological polar surface area (TPSA) is 62.3 Å². The molecule has 1 aromatic rings. The number of nitrogens with one attached hydrogen (secondary N) is 1. The van der Waals surface area contributed by atoms with E-state index < -0.39 is 0 Å². The first kappa shape index (κ1) is 14.9. The van der Waals surface area contributed by atoms with Crippen molar-refractivity contribution in [2.24, 2.45) is 11.7 Å². The van der Waals surface area contributed by atoms with E-state index >= 15 is 0 Å². The zero-order valence-electron chi connectivity index (χ0n) is 12.5. The van der Waals surface area contributed by atoms with Crippen molar-refractivity contribution >= 4 is 5.84 Å². The maximum Gasteiger partial charge on any atom is 0.122 e. The second-order valence-electron chi connectivity index (χ2n) is 5.54. The van der Waals surface area contributed by atoms with E-state index in [-0.39, 0.29) is 11.8 Å². The van der Waals surface area contributed by atoms with E-state index in [1.807, 2.05) is 6.92 Å². The largest absolute Gasteiger partial charge is 0.493 e. The maximum absolute atomic E-state index is 7.49. The lowest BCUT2D eigenvalue weighted by Gasteiger charge is -2.23. The van der Waals surface area contributed by atoms with Gasteiger partial charge in [0.2, 0.25) is 0 Å². The molecule has 1 aromatic carbocycles. The Morgan fingerprint density at radius 2 is 2.30 bits per heavy atom. The lowest BCUT2D eigenvalue weighted by Crippen LogP contribution is -2.35. The van der Waals surface area contributed by atoms with Crippen molar-refractivity contribution in [1.82, 2.24) is 4.90 Å². The van der Waals surface area contributed by atoms with Crippen LogP contribution in [0.5, 0.6) is 5.75 Å². The molecule has 0 bridgehead atoms. The Balaban J connectivity index is 1.88. The van der Waals surface area contributed by atoms with Crippen molar-refractivity contribution in [1.29, 1.82) is 5.41 Å². The Morgan fingerprint density at radius 3 is 3.00 bits per heavy atom. The van der Waals surface area contributed by atoms with Gasteiger partial charge in [-0.3, -0.25) is 5.41 Å². The molecule has 1 heterocycles. The van der Waals surface area contributed by atoms with Gasteiger partial charge in [0.05, 0.1) is 12.4 Å². The SMILES string of the molecule is CCN(CCc1ccc2c(c1)CCO2)CC(C)C(=N)N. The van der Waals surface area contributed by atoms with Crippen molar-refractivity contribution in [3.63, 3.8) is 0 Å². The Hall–Kier alpha value is -1.55. The molecule has 1 aliphatic rings. The fourth-order valence-electron chi connectivity index (χ4n) is 2.55. The molecule has 110 valence electrons. The molecule has 1 unspecified atom stereocenters. The molecule has 0 aromatic heterocycles. The van der Waals surface area contributed by atoms with Gasteiger partial charge in [0.1, 0.15) is 5.75 Å². The molecule has 20 heavy (non-hydrogen) atoms. The molecular formula is C16H25N3O. The van der Waals surface area contributed by atoms with Gasteiger partial charge in [0.25, 0.3) is 0 Å². The molecule has 0 aliphatic carbocycles. The average Bonchev–Trinajstić information content (AvgIpc) is 2.90. The summed E-state index contributed by atoms with van der Waals surface area (Å²) >= 11 is 0. The van der Waals surface area contributed by atoms with Gasteiger partial charge in [-0.05, 0) is 30.2 Å². The molecule has 4 heteroatoms. The molecule has 0 radical (unpaired) electrons. The van der Waals surface area contributed by atoms with E-state index in [0.29, 0.717) is 0 Å². The van der Waals surface area contributed by atoms with Crippen molar-refractivity contribution in [2.75, 3.05) is 26.2 Å². The third-order valence-corrected chi connectivity index (χ3v) is 3.98. The number of nitrogens with two attached hydrogens (primary N) is 1. The predicted molar refractivity (Wildman–Crippen MR) is 82.5 cm³/mol. The molecule has 3 N–H and O–H groups in total. The third-order valence-electron chi connectivity index (χ3n) is 3.98. The summed E-state index contributed by atoms with van der Waals surface area (Å²) in [7, 11) is 0. The van der Waals surface area contributed by atoms with Gasteiger partial charge in [-0.25, -0.2) is 0 Å². The second kappa shape index (κ2) is 6.75. The minimum Gasteiger partial charge on any atom is -0.493 e. The van der Waals surface area contributed by atoms with Crippen molar-refractivity contribution in [3.8, 4) is 5.75 Å². The number of amidine groups is 1. The number of fused-ring (bicyclic) bond motifs is 1. The Kier molecular flexibility index (Phi) is 5.01. The van der Waals surface area contributed by atoms with Gasteiger partial charge in [0, 0.05) is 25.4 Å². The fraction of sp³-hybridized carbons (Fsp3) is 0.562. The van der Waals surface area contributed by atoms with Crippen LogP contribution in [0.2, 0.25) is 0 Å². The van der Waals surface area contributed by atoms with Crippen molar-refractivity contribution < 1.29 is 4.74 Å². The van der Waals surface area contributed by atoms with E-state index in [0.717, 1.165) is 44.8 Å². The molecule has 0 fully saturated rings. The summed E-state index contributed by atoms with van der Waals surface area (Å²) in [6.45, 7) is 7.84. The maximum atomic E-state index is 7.49. The van der Waals surface area contributed by atoms with Crippen molar-refractivity contribution in [2.45, 2.75) is 26.7 Å². The number of rotatable bonds is 7. The highest BCUT2D eigenvalue weighted by molar-refractivity contribution is 5.79. The highest BCUT2D eigenvalue weighted by Gasteiger charge is 2.14. The molecule has 0 spiro atoms. The molecule has 0 saturated carbocycles. The number of benzene rings is 1. The van der Waals surface area contributed by atoms with Crippen LogP contribution in [0.25, 0.3) is 0 Å². The Labute approximate surface area is 121 Å². The monoisotopic (exact) mass is 275 g/mol. The van der Waals surface area contributed by atoms with Gasteiger partial charge in [0.15, 0.2) is 0 Å². The smallest absolute Gasteiger partial charge is 0.122 e. The van der Waals surface area contributed by atoms with Crippen LogP contribution in [-0.2, 0) is 12.8 Å². The highest BCUT2D eigenvalue weighted by atomic mass is 16.5. The number of nitrogens with zero attached hydrogens (tertiary/aromatic N) is 1. The second-order valence-corrected chi connectivity index (χ2v) is 5.54. The molecule has 0 amide bonds. The Morgan fingerprint density at radius 1 is 1.50 bits per heavy atom. The summed E-state index contributed by atoms with van der Waals surface area (Å²) in [6, 6.07) is 6.52. The predicted octanol–water partition coefficient (Wildman–Crippen LogP) is 2.06. The van der Waals surface area contributed by atoms with Crippen LogP contribution >= 0.6 is 0 Å². The van der Waals surface area contributed by atoms with Crippen LogP contribution in [0.15, 0.2) is 18.2 Å². The van der Waals surface area contributed by atoms with E-state index in [4.69, 9.17) is 15.9 Å². The molecule has 0 saturated heterocycles. The van der Waals surface area contributed by atoms with Crippen LogP contribution in [0.1, 0.15) is 25.0 Å². The Bertz CT molecular complexity index is 473. The third kappa shape index (κ3) is 3.73. The molecule has 1 aliphatic heterocycles. The number of hydrogen-bond acceptors (Lipinski definition) is 3. The van der Waals surface area contributed by atoms with E-state index in [2.05, 4.69) is 30.0 Å². The molecular weight excluding hydrogens is 250 g/mol. The number of ether oxygens (including phenoxy) is 1. The summed E-state index contributed by atoms with van der Waals surface area (Å²) in [5.41, 5.74) is 8.25. The van der Waals surface area contributed by atoms with Crippen LogP contribution in [-0.4, -0.2) is 37.0 Å². The number of hydrogen-bond donors (Lipinski definition) is 2. The van der Waals surface area contributed by atoms with E-state index in [1.165, 1.54) is 11.1 Å². The summed E-state index contributed by atoms with van der Waals surface area (Å²) in [5.74, 6) is 1.45. The summed E-state index contributed by atoms with van der Waals surface area (Å²) in [4.78, 5) is 2.36. The quantitative estimate of drug-likeness (QED) is 0.591. The lowest BCUT2D eigenvalue weighted by molar-refractivity contribution is 0.274. The average molecular weight is 275 g/mol. The van der Waals surface area contributed by atoms with Gasteiger partial charge in [-0.15, -0.1) is 0 Å². The number of likely N-dealkylation sites (N-methyl/N-ethyl adjacent to an activating group) is 1. The zero-order valence-corrected chi connectivity index (χ0v) is 12.5. The molecule has 4 nitrogen and oxygen atoms in total. The van der Waals surface area contributed by atoms with E-state index in [9.17, 15) is 0 Å². The highest BCUT2D eigenvalue weighted by Crippen LogP contribution is 2.26. The van der Waals surface area contributed by atoms with Gasteiger partial charge in [-0.2, -0.15) is 0 Å². The van der Waals surface area contributed by atoms with Crippen LogP contribution < -0.4 is 10.5 Å². The fourth-order valence-corrected chi connectivity index (χ4v) is 2.55. The minimum absolute atomic E-state index is 0.128. The summed E-state index contributed by atoms with van der Waals surface area (Å²) < 4.78 is 5.53. The van der Waals surface area contributed by atoms with Gasteiger partial charge >= 0.3 is 0 Å². The van der Waals surface area contributed by atoms with Crippen LogP contribution in [0, 0.1) is 11.3 Å². The van der Waals surface area contributed by atoms with Crippen molar-refractivity contribution in [3.05, 3.63) is 29.3 Å². The van der Waals surface area contributed by atoms with Gasteiger partial charge in [-0.1, -0.05) is 26.0 Å². The first-order chi connectivity index (χ1) is 9.60. The van der Waals surface area contributed by atoms with E-state index in [1.54, 1.807) is 0 Å². The first-order valence-electron chi connectivity index (χ1n) is 7.41. The first-order valence-corrected chi connectivity index (χ1v) is 7.41. The zero-order chi connectivity index (χ0) is 14.5. The normalized spacial score (nSPS) is 14.9. The summed E-state index contributed by atoms with van der Waals surface area (Å²) in [5, 5.41) is 7.49.